The Hall–Kier alpha value is -3.13. The molecule has 0 fully saturated rings. The summed E-state index contributed by atoms with van der Waals surface area (Å²) >= 11 is 0. The van der Waals surface area contributed by atoms with Crippen molar-refractivity contribution in [2.75, 3.05) is 4.90 Å². The molecule has 0 radical (unpaired) electrons. The fraction of sp³-hybridized carbons (Fsp3) is 0.125. The lowest BCUT2D eigenvalue weighted by Crippen LogP contribution is -2.21. The van der Waals surface area contributed by atoms with Gasteiger partial charge in [0.05, 0.1) is 11.4 Å². The molecule has 0 atom stereocenters. The number of nitrogens with zero attached hydrogens (tertiary/aromatic N) is 2. The zero-order valence-corrected chi connectivity index (χ0v) is 15.9. The van der Waals surface area contributed by atoms with Gasteiger partial charge in [0.2, 0.25) is 0 Å². The first-order valence-electron chi connectivity index (χ1n) is 8.52. The lowest BCUT2D eigenvalue weighted by molar-refractivity contribution is 1.11. The van der Waals surface area contributed by atoms with Crippen molar-refractivity contribution in [3.8, 4) is 0 Å². The maximum atomic E-state index is 4.37. The van der Waals surface area contributed by atoms with Gasteiger partial charge in [-0.2, -0.15) is 0 Å². The highest BCUT2D eigenvalue weighted by molar-refractivity contribution is 5.76. The van der Waals surface area contributed by atoms with Crippen LogP contribution in [-0.4, -0.2) is 4.98 Å². The van der Waals surface area contributed by atoms with Crippen LogP contribution >= 0.6 is 0 Å². The van der Waals surface area contributed by atoms with E-state index >= 15 is 0 Å². The molecule has 2 rings (SSSR count). The minimum Gasteiger partial charge on any atom is -0.311 e. The van der Waals surface area contributed by atoms with E-state index in [-0.39, 0.29) is 0 Å². The highest BCUT2D eigenvalue weighted by Crippen LogP contribution is 2.33. The average Bonchev–Trinajstić information content (AvgIpc) is 2.62. The Balaban J connectivity index is 2.60. The van der Waals surface area contributed by atoms with Crippen LogP contribution in [0.15, 0.2) is 92.5 Å². The van der Waals surface area contributed by atoms with Gasteiger partial charge in [0.15, 0.2) is 0 Å². The molecular formula is C24H26N2. The first-order valence-corrected chi connectivity index (χ1v) is 8.52. The maximum absolute atomic E-state index is 4.37. The molecule has 2 aromatic rings. The highest BCUT2D eigenvalue weighted by Gasteiger charge is 2.17. The van der Waals surface area contributed by atoms with Gasteiger partial charge >= 0.3 is 0 Å². The molecule has 0 saturated carbocycles. The summed E-state index contributed by atoms with van der Waals surface area (Å²) in [6.45, 7) is 22.6. The first kappa shape index (κ1) is 19.2. The standard InChI is InChI=1S/C24H26N2/c1-8-21(7)26(24-19(5)14-17(3)15-20(24)6)22(9-2)16-18(4)23-12-10-11-13-25-23/h8-16H,1-2,4,7H2,3,5-6H3. The summed E-state index contributed by atoms with van der Waals surface area (Å²) in [4.78, 5) is 6.44. The Labute approximate surface area is 157 Å². The van der Waals surface area contributed by atoms with E-state index in [0.717, 1.165) is 28.3 Å². The molecule has 0 aliphatic heterocycles. The number of rotatable bonds is 7. The Morgan fingerprint density at radius 2 is 1.65 bits per heavy atom. The molecule has 0 spiro atoms. The number of pyridine rings is 1. The molecule has 0 unspecified atom stereocenters. The fourth-order valence-corrected chi connectivity index (χ4v) is 3.07. The third-order valence-electron chi connectivity index (χ3n) is 4.17. The molecular weight excluding hydrogens is 316 g/mol. The number of anilines is 1. The van der Waals surface area contributed by atoms with Crippen LogP contribution in [0.25, 0.3) is 5.57 Å². The van der Waals surface area contributed by atoms with Crippen molar-refractivity contribution in [3.05, 3.63) is 115 Å². The zero-order valence-electron chi connectivity index (χ0n) is 15.9. The lowest BCUT2D eigenvalue weighted by Gasteiger charge is -2.30. The third-order valence-corrected chi connectivity index (χ3v) is 4.17. The number of hydrogen-bond acceptors (Lipinski definition) is 2. The zero-order chi connectivity index (χ0) is 19.3. The Kier molecular flexibility index (Phi) is 6.13. The van der Waals surface area contributed by atoms with Crippen LogP contribution in [0.4, 0.5) is 5.69 Å². The summed E-state index contributed by atoms with van der Waals surface area (Å²) in [6.07, 6.45) is 7.29. The molecule has 0 aliphatic carbocycles. The van der Waals surface area contributed by atoms with Crippen LogP contribution in [0.5, 0.6) is 0 Å². The second-order valence-corrected chi connectivity index (χ2v) is 6.29. The van der Waals surface area contributed by atoms with Gasteiger partial charge in [-0.05, 0) is 67.8 Å². The SMILES string of the molecule is C=CC(=C)N(C(C=C)=CC(=C)c1ccccn1)c1c(C)cc(C)cc1C. The van der Waals surface area contributed by atoms with Crippen LogP contribution in [0.3, 0.4) is 0 Å². The van der Waals surface area contributed by atoms with Crippen LogP contribution in [0.2, 0.25) is 0 Å². The van der Waals surface area contributed by atoms with Crippen molar-refractivity contribution in [1.29, 1.82) is 0 Å². The first-order chi connectivity index (χ1) is 12.4. The number of aryl methyl sites for hydroxylation is 3. The minimum atomic E-state index is 0.778. The molecule has 2 nitrogen and oxygen atoms in total. The Morgan fingerprint density at radius 3 is 2.15 bits per heavy atom. The second kappa shape index (κ2) is 8.30. The van der Waals surface area contributed by atoms with Gasteiger partial charge in [0.1, 0.15) is 0 Å². The van der Waals surface area contributed by atoms with E-state index in [4.69, 9.17) is 0 Å². The minimum absolute atomic E-state index is 0.778. The molecule has 1 aromatic heterocycles. The number of allylic oxidation sites excluding steroid dienone is 4. The van der Waals surface area contributed by atoms with Crippen molar-refractivity contribution in [3.63, 3.8) is 0 Å². The number of hydrogen-bond donors (Lipinski definition) is 0. The van der Waals surface area contributed by atoms with E-state index in [1.54, 1.807) is 12.3 Å². The number of benzene rings is 1. The van der Waals surface area contributed by atoms with E-state index in [1.807, 2.05) is 30.4 Å². The van der Waals surface area contributed by atoms with E-state index in [9.17, 15) is 0 Å². The van der Waals surface area contributed by atoms with Gasteiger partial charge in [0, 0.05) is 17.6 Å². The van der Waals surface area contributed by atoms with Crippen molar-refractivity contribution in [1.82, 2.24) is 4.98 Å². The lowest BCUT2D eigenvalue weighted by atomic mass is 10.0. The largest absolute Gasteiger partial charge is 0.311 e. The van der Waals surface area contributed by atoms with Crippen molar-refractivity contribution >= 4 is 11.3 Å². The van der Waals surface area contributed by atoms with Gasteiger partial charge < -0.3 is 4.90 Å². The van der Waals surface area contributed by atoms with E-state index < -0.39 is 0 Å². The van der Waals surface area contributed by atoms with Crippen LogP contribution < -0.4 is 4.90 Å². The van der Waals surface area contributed by atoms with Gasteiger partial charge in [-0.15, -0.1) is 0 Å². The average molecular weight is 342 g/mol. The summed E-state index contributed by atoms with van der Waals surface area (Å²) in [5.41, 5.74) is 7.94. The number of aromatic nitrogens is 1. The molecule has 0 N–H and O–H groups in total. The van der Waals surface area contributed by atoms with Crippen LogP contribution in [0.1, 0.15) is 22.4 Å². The molecule has 0 bridgehead atoms. The summed E-state index contributed by atoms with van der Waals surface area (Å²) < 4.78 is 0. The highest BCUT2D eigenvalue weighted by atomic mass is 15.2. The quantitative estimate of drug-likeness (QED) is 0.549. The molecule has 1 aromatic carbocycles. The van der Waals surface area contributed by atoms with E-state index in [2.05, 4.69) is 69.1 Å². The third kappa shape index (κ3) is 4.09. The normalized spacial score (nSPS) is 11.0. The fourth-order valence-electron chi connectivity index (χ4n) is 3.07. The maximum Gasteiger partial charge on any atom is 0.0696 e. The summed E-state index contributed by atoms with van der Waals surface area (Å²) in [5.74, 6) is 0. The van der Waals surface area contributed by atoms with Gasteiger partial charge in [-0.25, -0.2) is 0 Å². The van der Waals surface area contributed by atoms with Crippen molar-refractivity contribution in [2.45, 2.75) is 20.8 Å². The molecule has 0 saturated heterocycles. The summed E-state index contributed by atoms with van der Waals surface area (Å²) in [7, 11) is 0. The topological polar surface area (TPSA) is 16.1 Å². The Morgan fingerprint density at radius 1 is 1.00 bits per heavy atom. The van der Waals surface area contributed by atoms with E-state index in [0.29, 0.717) is 0 Å². The van der Waals surface area contributed by atoms with Crippen molar-refractivity contribution < 1.29 is 0 Å². The predicted molar refractivity (Wildman–Crippen MR) is 114 cm³/mol. The van der Waals surface area contributed by atoms with Crippen molar-refractivity contribution in [2.24, 2.45) is 0 Å². The van der Waals surface area contributed by atoms with Crippen LogP contribution in [0, 0.1) is 20.8 Å². The second-order valence-electron chi connectivity index (χ2n) is 6.29. The van der Waals surface area contributed by atoms with Crippen LogP contribution in [-0.2, 0) is 0 Å². The van der Waals surface area contributed by atoms with Gasteiger partial charge in [-0.3, -0.25) is 4.98 Å². The van der Waals surface area contributed by atoms with E-state index in [1.165, 1.54) is 16.7 Å². The summed E-state index contributed by atoms with van der Waals surface area (Å²) in [5, 5.41) is 0. The molecule has 0 amide bonds. The molecule has 132 valence electrons. The monoisotopic (exact) mass is 342 g/mol. The molecule has 26 heavy (non-hydrogen) atoms. The van der Waals surface area contributed by atoms with Gasteiger partial charge in [-0.1, -0.05) is 50.1 Å². The Bertz CT molecular complexity index is 863. The van der Waals surface area contributed by atoms with Gasteiger partial charge in [0.25, 0.3) is 0 Å². The summed E-state index contributed by atoms with van der Waals surface area (Å²) in [6, 6.07) is 10.1. The molecule has 2 heteroatoms. The predicted octanol–water partition coefficient (Wildman–Crippen LogP) is 6.30. The molecule has 1 heterocycles. The smallest absolute Gasteiger partial charge is 0.0696 e. The molecule has 0 aliphatic rings.